The Morgan fingerprint density at radius 2 is 1.58 bits per heavy atom. The number of nitrogens with zero attached hydrogens (tertiary/aromatic N) is 3. The van der Waals surface area contributed by atoms with Crippen molar-refractivity contribution >= 4 is 22.9 Å². The van der Waals surface area contributed by atoms with Crippen LogP contribution < -0.4 is 0 Å². The van der Waals surface area contributed by atoms with E-state index in [4.69, 9.17) is 4.98 Å². The predicted molar refractivity (Wildman–Crippen MR) is 149 cm³/mol. The molecule has 0 unspecified atom stereocenters. The average Bonchev–Trinajstić information content (AvgIpc) is 2.93. The van der Waals surface area contributed by atoms with Crippen LogP contribution in [0.1, 0.15) is 41.3 Å². The molecule has 0 bridgehead atoms. The van der Waals surface area contributed by atoms with Crippen LogP contribution in [0.4, 0.5) is 0 Å². The van der Waals surface area contributed by atoms with Crippen molar-refractivity contribution in [3.05, 3.63) is 108 Å². The van der Waals surface area contributed by atoms with Gasteiger partial charge in [-0.3, -0.25) is 9.69 Å². The molecule has 1 aliphatic heterocycles. The van der Waals surface area contributed by atoms with Gasteiger partial charge in [-0.2, -0.15) is 0 Å². The molecule has 5 rings (SSSR count). The number of amides is 1. The number of rotatable bonds is 6. The number of aromatic nitrogens is 1. The standard InChI is InChI=1S/C32H33N3O/c1-24(2)26-14-16-27(17-15-26)31-23-29(28-12-6-7-13-30(28)33-31)32(36)35-21-19-34(20-22-35)18-8-11-25-9-4-3-5-10-25/h3-17,23-24H,18-22H2,1-2H3/b11-8-. The van der Waals surface area contributed by atoms with Gasteiger partial charge in [0.25, 0.3) is 5.91 Å². The molecule has 3 aromatic carbocycles. The van der Waals surface area contributed by atoms with Gasteiger partial charge in [-0.25, -0.2) is 4.98 Å². The quantitative estimate of drug-likeness (QED) is 0.320. The molecule has 182 valence electrons. The van der Waals surface area contributed by atoms with E-state index in [1.807, 2.05) is 41.3 Å². The number of hydrogen-bond donors (Lipinski definition) is 0. The zero-order valence-electron chi connectivity index (χ0n) is 21.1. The molecule has 0 spiro atoms. The molecule has 2 heterocycles. The molecule has 1 aromatic heterocycles. The van der Waals surface area contributed by atoms with Crippen molar-refractivity contribution in [3.63, 3.8) is 0 Å². The minimum atomic E-state index is 0.0909. The number of carbonyl (C=O) groups excluding carboxylic acids is 1. The lowest BCUT2D eigenvalue weighted by molar-refractivity contribution is 0.0652. The highest BCUT2D eigenvalue weighted by atomic mass is 16.2. The molecule has 1 aliphatic rings. The lowest BCUT2D eigenvalue weighted by Crippen LogP contribution is -2.48. The van der Waals surface area contributed by atoms with Gasteiger partial charge in [-0.05, 0) is 29.2 Å². The van der Waals surface area contributed by atoms with Crippen molar-refractivity contribution in [1.29, 1.82) is 0 Å². The Morgan fingerprint density at radius 1 is 0.889 bits per heavy atom. The SMILES string of the molecule is CC(C)c1ccc(-c2cc(C(=O)N3CCN(C/C=C\c4ccccc4)CC3)c3ccccc3n2)cc1. The molecule has 4 aromatic rings. The van der Waals surface area contributed by atoms with Gasteiger partial charge >= 0.3 is 0 Å². The Hall–Kier alpha value is -3.76. The number of pyridine rings is 1. The predicted octanol–water partition coefficient (Wildman–Crippen LogP) is 6.50. The molecule has 0 aliphatic carbocycles. The summed E-state index contributed by atoms with van der Waals surface area (Å²) in [6, 6.07) is 28.8. The van der Waals surface area contributed by atoms with Gasteiger partial charge in [0.1, 0.15) is 0 Å². The molecule has 36 heavy (non-hydrogen) atoms. The molecule has 4 nitrogen and oxygen atoms in total. The second-order valence-corrected chi connectivity index (χ2v) is 9.75. The zero-order valence-corrected chi connectivity index (χ0v) is 21.1. The molecule has 0 N–H and O–H groups in total. The number of benzene rings is 3. The summed E-state index contributed by atoms with van der Waals surface area (Å²) in [7, 11) is 0. The topological polar surface area (TPSA) is 36.4 Å². The van der Waals surface area contributed by atoms with E-state index in [1.165, 1.54) is 11.1 Å². The van der Waals surface area contributed by atoms with Crippen molar-refractivity contribution in [2.75, 3.05) is 32.7 Å². The smallest absolute Gasteiger partial charge is 0.254 e. The van der Waals surface area contributed by atoms with Gasteiger partial charge in [-0.15, -0.1) is 0 Å². The van der Waals surface area contributed by atoms with Crippen LogP contribution in [-0.4, -0.2) is 53.4 Å². The fourth-order valence-corrected chi connectivity index (χ4v) is 4.74. The molecular formula is C32H33N3O. The zero-order chi connectivity index (χ0) is 24.9. The Kier molecular flexibility index (Phi) is 7.24. The second-order valence-electron chi connectivity index (χ2n) is 9.75. The van der Waals surface area contributed by atoms with E-state index in [1.54, 1.807) is 0 Å². The van der Waals surface area contributed by atoms with Gasteiger partial charge in [0.15, 0.2) is 0 Å². The highest BCUT2D eigenvalue weighted by Gasteiger charge is 2.24. The minimum absolute atomic E-state index is 0.0909. The summed E-state index contributed by atoms with van der Waals surface area (Å²) < 4.78 is 0. The van der Waals surface area contributed by atoms with Crippen LogP contribution >= 0.6 is 0 Å². The molecule has 0 radical (unpaired) electrons. The molecule has 1 amide bonds. The van der Waals surface area contributed by atoms with Crippen molar-refractivity contribution in [3.8, 4) is 11.3 Å². The third kappa shape index (κ3) is 5.39. The van der Waals surface area contributed by atoms with Gasteiger partial charge in [0.2, 0.25) is 0 Å². The third-order valence-corrected chi connectivity index (χ3v) is 6.95. The first-order valence-corrected chi connectivity index (χ1v) is 12.8. The van der Waals surface area contributed by atoms with Gasteiger partial charge in [-0.1, -0.05) is 98.8 Å². The Bertz CT molecular complexity index is 1350. The summed E-state index contributed by atoms with van der Waals surface area (Å²) >= 11 is 0. The maximum absolute atomic E-state index is 13.7. The van der Waals surface area contributed by atoms with E-state index in [0.717, 1.165) is 60.4 Å². The summed E-state index contributed by atoms with van der Waals surface area (Å²) in [6.45, 7) is 8.49. The summed E-state index contributed by atoms with van der Waals surface area (Å²) in [5.74, 6) is 0.571. The summed E-state index contributed by atoms with van der Waals surface area (Å²) in [6.07, 6.45) is 4.37. The van der Waals surface area contributed by atoms with Crippen molar-refractivity contribution in [1.82, 2.24) is 14.8 Å². The summed E-state index contributed by atoms with van der Waals surface area (Å²) in [5, 5.41) is 0.915. The van der Waals surface area contributed by atoms with E-state index >= 15 is 0 Å². The molecule has 1 saturated heterocycles. The molecule has 0 atom stereocenters. The van der Waals surface area contributed by atoms with E-state index in [2.05, 4.69) is 79.4 Å². The van der Waals surface area contributed by atoms with Crippen molar-refractivity contribution in [2.45, 2.75) is 19.8 Å². The molecule has 4 heteroatoms. The minimum Gasteiger partial charge on any atom is -0.336 e. The number of piperazine rings is 1. The van der Waals surface area contributed by atoms with Gasteiger partial charge < -0.3 is 4.90 Å². The van der Waals surface area contributed by atoms with E-state index in [-0.39, 0.29) is 5.91 Å². The second kappa shape index (κ2) is 10.9. The highest BCUT2D eigenvalue weighted by Crippen LogP contribution is 2.27. The summed E-state index contributed by atoms with van der Waals surface area (Å²) in [4.78, 5) is 23.0. The molecular weight excluding hydrogens is 442 g/mol. The first kappa shape index (κ1) is 24.0. The first-order valence-electron chi connectivity index (χ1n) is 12.8. The fraction of sp³-hybridized carbons (Fsp3) is 0.250. The normalized spacial score (nSPS) is 14.7. The Morgan fingerprint density at radius 3 is 2.31 bits per heavy atom. The van der Waals surface area contributed by atoms with Crippen LogP contribution in [0.3, 0.4) is 0 Å². The average molecular weight is 476 g/mol. The Balaban J connectivity index is 1.32. The van der Waals surface area contributed by atoms with Crippen LogP contribution in [0.25, 0.3) is 28.2 Å². The van der Waals surface area contributed by atoms with E-state index < -0.39 is 0 Å². The monoisotopic (exact) mass is 475 g/mol. The molecule has 0 saturated carbocycles. The van der Waals surface area contributed by atoms with Gasteiger partial charge in [0.05, 0.1) is 16.8 Å². The Labute approximate surface area is 213 Å². The largest absolute Gasteiger partial charge is 0.336 e. The number of carbonyl (C=O) groups is 1. The first-order chi connectivity index (χ1) is 17.6. The number of hydrogen-bond acceptors (Lipinski definition) is 3. The van der Waals surface area contributed by atoms with Gasteiger partial charge in [0, 0.05) is 43.7 Å². The van der Waals surface area contributed by atoms with E-state index in [9.17, 15) is 4.79 Å². The summed E-state index contributed by atoms with van der Waals surface area (Å²) in [5.41, 5.74) is 5.99. The maximum Gasteiger partial charge on any atom is 0.254 e. The lowest BCUT2D eigenvalue weighted by Gasteiger charge is -2.34. The number of fused-ring (bicyclic) bond motifs is 1. The highest BCUT2D eigenvalue weighted by molar-refractivity contribution is 6.07. The van der Waals surface area contributed by atoms with Crippen molar-refractivity contribution in [2.24, 2.45) is 0 Å². The van der Waals surface area contributed by atoms with Crippen LogP contribution in [0.2, 0.25) is 0 Å². The third-order valence-electron chi connectivity index (χ3n) is 6.95. The van der Waals surface area contributed by atoms with Crippen LogP contribution in [-0.2, 0) is 0 Å². The van der Waals surface area contributed by atoms with Crippen LogP contribution in [0.15, 0.2) is 91.0 Å². The molecule has 1 fully saturated rings. The van der Waals surface area contributed by atoms with E-state index in [0.29, 0.717) is 5.92 Å². The maximum atomic E-state index is 13.7. The fourth-order valence-electron chi connectivity index (χ4n) is 4.74. The number of para-hydroxylation sites is 1. The van der Waals surface area contributed by atoms with Crippen LogP contribution in [0.5, 0.6) is 0 Å². The van der Waals surface area contributed by atoms with Crippen LogP contribution in [0, 0.1) is 0 Å². The lowest BCUT2D eigenvalue weighted by atomic mass is 9.99. The van der Waals surface area contributed by atoms with Crippen molar-refractivity contribution < 1.29 is 4.79 Å².